The molecule has 0 aliphatic rings. The van der Waals surface area contributed by atoms with E-state index in [1.54, 1.807) is 23.7 Å². The summed E-state index contributed by atoms with van der Waals surface area (Å²) in [5.41, 5.74) is 1.46. The molecule has 3 aromatic rings. The molecule has 0 amide bonds. The first kappa shape index (κ1) is 13.1. The molecule has 0 spiro atoms. The van der Waals surface area contributed by atoms with Gasteiger partial charge in [0, 0.05) is 5.02 Å². The number of benzene rings is 2. The van der Waals surface area contributed by atoms with E-state index in [2.05, 4.69) is 10.3 Å². The zero-order chi connectivity index (χ0) is 14.2. The van der Waals surface area contributed by atoms with Gasteiger partial charge in [0.15, 0.2) is 0 Å². The molecule has 102 valence electrons. The van der Waals surface area contributed by atoms with Crippen LogP contribution in [0.3, 0.4) is 0 Å². The molecule has 20 heavy (non-hydrogen) atoms. The molecule has 0 radical (unpaired) electrons. The van der Waals surface area contributed by atoms with E-state index in [1.165, 1.54) is 0 Å². The number of hydrogen-bond donors (Lipinski definition) is 0. The van der Waals surface area contributed by atoms with Gasteiger partial charge in [0.25, 0.3) is 0 Å². The summed E-state index contributed by atoms with van der Waals surface area (Å²) in [6.07, 6.45) is 0. The van der Waals surface area contributed by atoms with Crippen molar-refractivity contribution in [1.82, 2.24) is 15.0 Å². The molecular formula is C15H13ClFN3. The Kier molecular flexibility index (Phi) is 3.18. The van der Waals surface area contributed by atoms with Crippen LogP contribution in [-0.2, 0) is 5.54 Å². The summed E-state index contributed by atoms with van der Waals surface area (Å²) in [5, 5.41) is 8.85. The fraction of sp³-hybridized carbons (Fsp3) is 0.200. The van der Waals surface area contributed by atoms with Gasteiger partial charge >= 0.3 is 0 Å². The smallest absolute Gasteiger partial charge is 0.119 e. The zero-order valence-electron chi connectivity index (χ0n) is 10.9. The molecule has 0 N–H and O–H groups in total. The molecule has 2 aromatic carbocycles. The van der Waals surface area contributed by atoms with E-state index in [1.807, 2.05) is 36.4 Å². The lowest BCUT2D eigenvalue weighted by molar-refractivity contribution is 0.264. The summed E-state index contributed by atoms with van der Waals surface area (Å²) in [6.45, 7) is 1.22. The van der Waals surface area contributed by atoms with E-state index in [0.717, 1.165) is 16.6 Å². The first-order chi connectivity index (χ1) is 9.65. The third kappa shape index (κ3) is 1.96. The number of para-hydroxylation sites is 1. The van der Waals surface area contributed by atoms with Crippen LogP contribution in [0.2, 0.25) is 5.02 Å². The lowest BCUT2D eigenvalue weighted by Crippen LogP contribution is -2.34. The average molecular weight is 290 g/mol. The summed E-state index contributed by atoms with van der Waals surface area (Å²) in [5.74, 6) is 0. The Morgan fingerprint density at radius 2 is 1.85 bits per heavy atom. The second-order valence-electron chi connectivity index (χ2n) is 4.90. The van der Waals surface area contributed by atoms with Crippen molar-refractivity contribution in [2.45, 2.75) is 12.5 Å². The van der Waals surface area contributed by atoms with Gasteiger partial charge < -0.3 is 0 Å². The van der Waals surface area contributed by atoms with Crippen LogP contribution in [0, 0.1) is 0 Å². The highest BCUT2D eigenvalue weighted by atomic mass is 35.5. The minimum absolute atomic E-state index is 0.581. The molecule has 3 rings (SSSR count). The van der Waals surface area contributed by atoms with E-state index in [-0.39, 0.29) is 0 Å². The van der Waals surface area contributed by atoms with E-state index < -0.39 is 12.2 Å². The molecule has 5 heteroatoms. The quantitative estimate of drug-likeness (QED) is 0.734. The standard InChI is InChI=1S/C15H13ClFN3/c1-15(10-17,11-6-8-12(16)9-7-11)20-14-5-3-2-4-13(14)18-19-20/h2-9H,10H2,1H3. The van der Waals surface area contributed by atoms with Crippen LogP contribution in [-0.4, -0.2) is 21.7 Å². The molecule has 1 aromatic heterocycles. The number of rotatable bonds is 3. The van der Waals surface area contributed by atoms with Crippen LogP contribution >= 0.6 is 11.6 Å². The van der Waals surface area contributed by atoms with Crippen molar-refractivity contribution in [3.05, 3.63) is 59.1 Å². The largest absolute Gasteiger partial charge is 0.248 e. The summed E-state index contributed by atoms with van der Waals surface area (Å²) in [7, 11) is 0. The third-order valence-electron chi connectivity index (χ3n) is 3.55. The Bertz CT molecular complexity index is 738. The summed E-state index contributed by atoms with van der Waals surface area (Å²) in [4.78, 5) is 0. The predicted molar refractivity (Wildman–Crippen MR) is 77.7 cm³/mol. The first-order valence-electron chi connectivity index (χ1n) is 6.28. The number of fused-ring (bicyclic) bond motifs is 1. The maximum Gasteiger partial charge on any atom is 0.119 e. The normalized spacial score (nSPS) is 14.3. The summed E-state index contributed by atoms with van der Waals surface area (Å²) >= 11 is 5.90. The lowest BCUT2D eigenvalue weighted by Gasteiger charge is -2.27. The van der Waals surface area contributed by atoms with Crippen molar-refractivity contribution in [3.8, 4) is 0 Å². The van der Waals surface area contributed by atoms with Crippen molar-refractivity contribution in [1.29, 1.82) is 0 Å². The molecule has 0 bridgehead atoms. The molecule has 0 aliphatic carbocycles. The molecule has 1 unspecified atom stereocenters. The van der Waals surface area contributed by atoms with Gasteiger partial charge in [-0.2, -0.15) is 0 Å². The Labute approximate surface area is 121 Å². The minimum atomic E-state index is -0.902. The Morgan fingerprint density at radius 3 is 2.55 bits per heavy atom. The topological polar surface area (TPSA) is 30.7 Å². The van der Waals surface area contributed by atoms with Gasteiger partial charge in [-0.25, -0.2) is 9.07 Å². The second kappa shape index (κ2) is 4.87. The number of alkyl halides is 1. The van der Waals surface area contributed by atoms with Crippen molar-refractivity contribution in [2.75, 3.05) is 6.67 Å². The van der Waals surface area contributed by atoms with Crippen LogP contribution < -0.4 is 0 Å². The van der Waals surface area contributed by atoms with E-state index in [0.29, 0.717) is 5.02 Å². The Hall–Kier alpha value is -1.94. The summed E-state index contributed by atoms with van der Waals surface area (Å²) in [6, 6.07) is 14.7. The van der Waals surface area contributed by atoms with Crippen LogP contribution in [0.4, 0.5) is 4.39 Å². The van der Waals surface area contributed by atoms with Gasteiger partial charge in [-0.3, -0.25) is 0 Å². The Balaban J connectivity index is 2.19. The maximum atomic E-state index is 13.8. The van der Waals surface area contributed by atoms with Crippen LogP contribution in [0.25, 0.3) is 11.0 Å². The molecule has 0 fully saturated rings. The fourth-order valence-corrected chi connectivity index (χ4v) is 2.42. The van der Waals surface area contributed by atoms with Crippen LogP contribution in [0.15, 0.2) is 48.5 Å². The monoisotopic (exact) mass is 289 g/mol. The predicted octanol–water partition coefficient (Wildman–Crippen LogP) is 3.82. The molecule has 3 nitrogen and oxygen atoms in total. The molecular weight excluding hydrogens is 277 g/mol. The number of nitrogens with zero attached hydrogens (tertiary/aromatic N) is 3. The molecule has 0 saturated carbocycles. The maximum absolute atomic E-state index is 13.8. The van der Waals surface area contributed by atoms with Gasteiger partial charge in [0.1, 0.15) is 17.7 Å². The van der Waals surface area contributed by atoms with Gasteiger partial charge in [-0.1, -0.05) is 41.1 Å². The number of hydrogen-bond acceptors (Lipinski definition) is 2. The van der Waals surface area contributed by atoms with Crippen molar-refractivity contribution >= 4 is 22.6 Å². The van der Waals surface area contributed by atoms with Crippen molar-refractivity contribution < 1.29 is 4.39 Å². The molecule has 1 atom stereocenters. The SMILES string of the molecule is CC(CF)(c1ccc(Cl)cc1)n1nnc2ccccc21. The van der Waals surface area contributed by atoms with Gasteiger partial charge in [-0.05, 0) is 36.8 Å². The van der Waals surface area contributed by atoms with E-state index in [9.17, 15) is 4.39 Å². The zero-order valence-corrected chi connectivity index (χ0v) is 11.7. The molecule has 0 saturated heterocycles. The number of aromatic nitrogens is 3. The summed E-state index contributed by atoms with van der Waals surface area (Å²) < 4.78 is 15.4. The van der Waals surface area contributed by atoms with E-state index >= 15 is 0 Å². The highest BCUT2D eigenvalue weighted by molar-refractivity contribution is 6.30. The van der Waals surface area contributed by atoms with Crippen molar-refractivity contribution in [3.63, 3.8) is 0 Å². The third-order valence-corrected chi connectivity index (χ3v) is 3.80. The highest BCUT2D eigenvalue weighted by Gasteiger charge is 2.31. The number of halogens is 2. The minimum Gasteiger partial charge on any atom is -0.248 e. The Morgan fingerprint density at radius 1 is 1.15 bits per heavy atom. The highest BCUT2D eigenvalue weighted by Crippen LogP contribution is 2.29. The van der Waals surface area contributed by atoms with Crippen LogP contribution in [0.1, 0.15) is 12.5 Å². The van der Waals surface area contributed by atoms with Gasteiger partial charge in [-0.15, -0.1) is 5.10 Å². The second-order valence-corrected chi connectivity index (χ2v) is 5.34. The molecule has 0 aliphatic heterocycles. The first-order valence-corrected chi connectivity index (χ1v) is 6.66. The lowest BCUT2D eigenvalue weighted by atomic mass is 9.93. The van der Waals surface area contributed by atoms with Crippen molar-refractivity contribution in [2.24, 2.45) is 0 Å². The fourth-order valence-electron chi connectivity index (χ4n) is 2.30. The van der Waals surface area contributed by atoms with Gasteiger partial charge in [0.05, 0.1) is 5.52 Å². The average Bonchev–Trinajstić information content (AvgIpc) is 2.91. The molecule has 1 heterocycles. The van der Waals surface area contributed by atoms with Gasteiger partial charge in [0.2, 0.25) is 0 Å². The van der Waals surface area contributed by atoms with Crippen LogP contribution in [0.5, 0.6) is 0 Å². The van der Waals surface area contributed by atoms with E-state index in [4.69, 9.17) is 11.6 Å².